The zero-order valence-corrected chi connectivity index (χ0v) is 11.4. The van der Waals surface area contributed by atoms with Gasteiger partial charge in [-0.2, -0.15) is 5.10 Å². The van der Waals surface area contributed by atoms with Gasteiger partial charge in [0.2, 0.25) is 0 Å². The number of hydrogen-bond acceptors (Lipinski definition) is 4. The van der Waals surface area contributed by atoms with Crippen molar-refractivity contribution in [3.05, 3.63) is 41.7 Å². The molecule has 2 heterocycles. The highest BCUT2D eigenvalue weighted by Crippen LogP contribution is 2.33. The molecule has 1 amide bonds. The smallest absolute Gasteiger partial charge is 0.257 e. The molecule has 2 N–H and O–H groups in total. The molecule has 20 heavy (non-hydrogen) atoms. The van der Waals surface area contributed by atoms with Gasteiger partial charge in [0.05, 0.1) is 6.20 Å². The molecule has 1 aliphatic rings. The first-order chi connectivity index (χ1) is 9.54. The molecule has 6 nitrogen and oxygen atoms in total. The van der Waals surface area contributed by atoms with E-state index in [9.17, 15) is 9.90 Å². The van der Waals surface area contributed by atoms with E-state index >= 15 is 0 Å². The summed E-state index contributed by atoms with van der Waals surface area (Å²) < 4.78 is 1.77. The fourth-order valence-corrected chi connectivity index (χ4v) is 2.39. The predicted octanol–water partition coefficient (Wildman–Crippen LogP) is 1.04. The number of anilines is 2. The van der Waals surface area contributed by atoms with Crippen LogP contribution in [0.25, 0.3) is 0 Å². The molecule has 0 bridgehead atoms. The summed E-state index contributed by atoms with van der Waals surface area (Å²) in [7, 11) is 3.86. The predicted molar refractivity (Wildman–Crippen MR) is 75.3 cm³/mol. The molecule has 6 heteroatoms. The fraction of sp³-hybridized carbons (Fsp3) is 0.286. The van der Waals surface area contributed by atoms with Crippen molar-refractivity contribution in [2.24, 2.45) is 7.05 Å². The molecule has 0 saturated carbocycles. The fourth-order valence-electron chi connectivity index (χ4n) is 2.39. The third-order valence-electron chi connectivity index (χ3n) is 3.46. The van der Waals surface area contributed by atoms with Crippen molar-refractivity contribution in [1.82, 2.24) is 9.78 Å². The molecule has 0 fully saturated rings. The van der Waals surface area contributed by atoms with Crippen molar-refractivity contribution in [1.29, 1.82) is 0 Å². The number of hydrogen-bond donors (Lipinski definition) is 2. The van der Waals surface area contributed by atoms with Gasteiger partial charge in [-0.1, -0.05) is 6.07 Å². The Kier molecular flexibility index (Phi) is 2.94. The minimum Gasteiger partial charge on any atom is -0.378 e. The Labute approximate surface area is 116 Å². The summed E-state index contributed by atoms with van der Waals surface area (Å²) in [6, 6.07) is 5.56. The summed E-state index contributed by atoms with van der Waals surface area (Å²) >= 11 is 0. The van der Waals surface area contributed by atoms with E-state index in [0.717, 1.165) is 17.8 Å². The number of fused-ring (bicyclic) bond motifs is 1. The summed E-state index contributed by atoms with van der Waals surface area (Å²) in [6.07, 6.45) is 2.74. The molecule has 0 radical (unpaired) electrons. The van der Waals surface area contributed by atoms with Crippen molar-refractivity contribution in [2.45, 2.75) is 12.6 Å². The minimum atomic E-state index is -1.05. The van der Waals surface area contributed by atoms with E-state index in [0.29, 0.717) is 11.3 Å². The van der Waals surface area contributed by atoms with E-state index in [1.165, 1.54) is 0 Å². The van der Waals surface area contributed by atoms with E-state index < -0.39 is 6.10 Å². The second-order valence-corrected chi connectivity index (χ2v) is 5.04. The van der Waals surface area contributed by atoms with Crippen LogP contribution >= 0.6 is 0 Å². The van der Waals surface area contributed by atoms with Crippen LogP contribution in [0.4, 0.5) is 11.4 Å². The van der Waals surface area contributed by atoms with E-state index in [1.807, 2.05) is 38.6 Å². The maximum absolute atomic E-state index is 11.4. The van der Waals surface area contributed by atoms with Gasteiger partial charge in [0.1, 0.15) is 0 Å². The van der Waals surface area contributed by atoms with Crippen LogP contribution in [0.1, 0.15) is 17.2 Å². The van der Waals surface area contributed by atoms with Crippen LogP contribution in [0, 0.1) is 0 Å². The van der Waals surface area contributed by atoms with Crippen LogP contribution in [0.3, 0.4) is 0 Å². The van der Waals surface area contributed by atoms with Gasteiger partial charge in [-0.15, -0.1) is 0 Å². The molecule has 1 aliphatic heterocycles. The number of carbonyl (C=O) groups excluding carboxylic acids is 1. The molecule has 2 aromatic rings. The molecule has 104 valence electrons. The zero-order valence-electron chi connectivity index (χ0n) is 11.4. The maximum atomic E-state index is 11.4. The second kappa shape index (κ2) is 4.64. The number of benzene rings is 1. The molecule has 1 atom stereocenters. The lowest BCUT2D eigenvalue weighted by Crippen LogP contribution is -2.16. The molecule has 1 unspecified atom stereocenters. The van der Waals surface area contributed by atoms with Crippen LogP contribution in [0.5, 0.6) is 0 Å². The zero-order chi connectivity index (χ0) is 14.3. The van der Waals surface area contributed by atoms with E-state index in [2.05, 4.69) is 15.3 Å². The number of aryl methyl sites for hydroxylation is 1. The van der Waals surface area contributed by atoms with Crippen molar-refractivity contribution < 1.29 is 9.90 Å². The third-order valence-corrected chi connectivity index (χ3v) is 3.46. The maximum Gasteiger partial charge on any atom is 0.257 e. The van der Waals surface area contributed by atoms with Crippen LogP contribution in [0.15, 0.2) is 30.6 Å². The molecule has 3 rings (SSSR count). The van der Waals surface area contributed by atoms with Gasteiger partial charge in [0, 0.05) is 49.3 Å². The molecular formula is C14H16N4O2. The number of aromatic nitrogens is 2. The van der Waals surface area contributed by atoms with Gasteiger partial charge in [0.25, 0.3) is 5.91 Å². The number of nitrogens with zero attached hydrogens (tertiary/aromatic N) is 3. The Hall–Kier alpha value is -2.34. The monoisotopic (exact) mass is 272 g/mol. The SMILES string of the molecule is CN(Cc1cnn(C)c1)c1ccc2c(c1)NC(=O)C2O. The highest BCUT2D eigenvalue weighted by molar-refractivity contribution is 6.02. The van der Waals surface area contributed by atoms with Crippen molar-refractivity contribution in [3.8, 4) is 0 Å². The minimum absolute atomic E-state index is 0.368. The highest BCUT2D eigenvalue weighted by atomic mass is 16.3. The quantitative estimate of drug-likeness (QED) is 0.876. The summed E-state index contributed by atoms with van der Waals surface area (Å²) in [5.41, 5.74) is 3.40. The summed E-state index contributed by atoms with van der Waals surface area (Å²) in [6.45, 7) is 0.725. The Balaban J connectivity index is 1.81. The number of nitrogens with one attached hydrogen (secondary N) is 1. The largest absolute Gasteiger partial charge is 0.378 e. The lowest BCUT2D eigenvalue weighted by molar-refractivity contribution is -0.123. The molecule has 1 aromatic carbocycles. The Bertz CT molecular complexity index is 665. The number of aliphatic hydroxyl groups excluding tert-OH is 1. The average molecular weight is 272 g/mol. The van der Waals surface area contributed by atoms with Gasteiger partial charge < -0.3 is 15.3 Å². The number of aliphatic hydroxyl groups is 1. The van der Waals surface area contributed by atoms with E-state index in [1.54, 1.807) is 10.7 Å². The Morgan fingerprint density at radius 3 is 3.00 bits per heavy atom. The van der Waals surface area contributed by atoms with Gasteiger partial charge in [-0.05, 0) is 12.1 Å². The van der Waals surface area contributed by atoms with Gasteiger partial charge in [-0.3, -0.25) is 9.48 Å². The highest BCUT2D eigenvalue weighted by Gasteiger charge is 2.28. The molecule has 0 aliphatic carbocycles. The number of carbonyl (C=O) groups is 1. The van der Waals surface area contributed by atoms with E-state index in [4.69, 9.17) is 0 Å². The van der Waals surface area contributed by atoms with Gasteiger partial charge >= 0.3 is 0 Å². The van der Waals surface area contributed by atoms with Crippen LogP contribution in [-0.4, -0.2) is 27.8 Å². The van der Waals surface area contributed by atoms with Crippen molar-refractivity contribution in [2.75, 3.05) is 17.3 Å². The molecule has 1 aromatic heterocycles. The average Bonchev–Trinajstić information content (AvgIpc) is 2.94. The Morgan fingerprint density at radius 1 is 1.50 bits per heavy atom. The molecular weight excluding hydrogens is 256 g/mol. The van der Waals surface area contributed by atoms with Gasteiger partial charge in [0.15, 0.2) is 6.10 Å². The van der Waals surface area contributed by atoms with Gasteiger partial charge in [-0.25, -0.2) is 0 Å². The van der Waals surface area contributed by atoms with E-state index in [-0.39, 0.29) is 5.91 Å². The van der Waals surface area contributed by atoms with Crippen LogP contribution in [-0.2, 0) is 18.4 Å². The molecule has 0 spiro atoms. The van der Waals surface area contributed by atoms with Crippen LogP contribution in [0.2, 0.25) is 0 Å². The summed E-state index contributed by atoms with van der Waals surface area (Å²) in [5, 5.41) is 16.5. The summed E-state index contributed by atoms with van der Waals surface area (Å²) in [4.78, 5) is 13.5. The number of amides is 1. The standard InChI is InChI=1S/C14H16N4O2/c1-17(7-9-6-15-18(2)8-9)10-3-4-11-12(5-10)16-14(20)13(11)19/h3-6,8,13,19H,7H2,1-2H3,(H,16,20). The first-order valence-corrected chi connectivity index (χ1v) is 6.36. The summed E-state index contributed by atoms with van der Waals surface area (Å²) in [5.74, 6) is -0.368. The molecule has 0 saturated heterocycles. The Morgan fingerprint density at radius 2 is 2.30 bits per heavy atom. The second-order valence-electron chi connectivity index (χ2n) is 5.04. The normalized spacial score (nSPS) is 16.9. The lowest BCUT2D eigenvalue weighted by atomic mass is 10.1. The topological polar surface area (TPSA) is 70.4 Å². The number of rotatable bonds is 3. The van der Waals surface area contributed by atoms with Crippen LogP contribution < -0.4 is 10.2 Å². The lowest BCUT2D eigenvalue weighted by Gasteiger charge is -2.19. The third kappa shape index (κ3) is 2.14. The van der Waals surface area contributed by atoms with Crippen molar-refractivity contribution >= 4 is 17.3 Å². The van der Waals surface area contributed by atoms with Crippen molar-refractivity contribution in [3.63, 3.8) is 0 Å². The first kappa shape index (κ1) is 12.7. The first-order valence-electron chi connectivity index (χ1n) is 6.36.